The highest BCUT2D eigenvalue weighted by Crippen LogP contribution is 2.24. The van der Waals surface area contributed by atoms with Gasteiger partial charge in [-0.15, -0.1) is 0 Å². The zero-order chi connectivity index (χ0) is 22.5. The Bertz CT molecular complexity index is 1080. The van der Waals surface area contributed by atoms with Crippen LogP contribution in [-0.2, 0) is 0 Å². The van der Waals surface area contributed by atoms with Gasteiger partial charge in [0.2, 0.25) is 0 Å². The summed E-state index contributed by atoms with van der Waals surface area (Å²) in [5.74, 6) is -0.884. The third-order valence-corrected chi connectivity index (χ3v) is 5.34. The Balaban J connectivity index is 1.78. The third-order valence-electron chi connectivity index (χ3n) is 4.91. The van der Waals surface area contributed by atoms with E-state index in [9.17, 15) is 14.0 Å². The van der Waals surface area contributed by atoms with Crippen LogP contribution >= 0.6 is 15.9 Å². The van der Waals surface area contributed by atoms with Crippen molar-refractivity contribution in [3.05, 3.63) is 88.0 Å². The highest BCUT2D eigenvalue weighted by atomic mass is 79.9. The number of anilines is 1. The molecule has 3 aromatic rings. The van der Waals surface area contributed by atoms with Crippen LogP contribution in [-0.4, -0.2) is 44.4 Å². The molecule has 2 aromatic carbocycles. The number of amides is 2. The standard InChI is InChI=1S/C23H23BrFN3O3/c1-27(2)19(15-7-6-8-16(25)13-15)14-26-22(29)17-9-4-5-10-18(17)28(3)23(30)20-11-12-21(24)31-20/h4-13,19H,14H2,1-3H3,(H,26,29). The molecule has 1 aromatic heterocycles. The van der Waals surface area contributed by atoms with Crippen molar-refractivity contribution in [3.63, 3.8) is 0 Å². The van der Waals surface area contributed by atoms with Crippen LogP contribution in [0.1, 0.15) is 32.5 Å². The fourth-order valence-corrected chi connectivity index (χ4v) is 3.57. The third kappa shape index (κ3) is 5.39. The fraction of sp³-hybridized carbons (Fsp3) is 0.217. The molecule has 0 bridgehead atoms. The first-order chi connectivity index (χ1) is 14.8. The van der Waals surface area contributed by atoms with Crippen molar-refractivity contribution in [1.29, 1.82) is 0 Å². The molecule has 0 saturated carbocycles. The number of likely N-dealkylation sites (N-methyl/N-ethyl adjacent to an activating group) is 1. The summed E-state index contributed by atoms with van der Waals surface area (Å²) in [6.45, 7) is 0.270. The first-order valence-corrected chi connectivity index (χ1v) is 10.4. The highest BCUT2D eigenvalue weighted by molar-refractivity contribution is 9.10. The normalized spacial score (nSPS) is 11.9. The van der Waals surface area contributed by atoms with E-state index < -0.39 is 0 Å². The van der Waals surface area contributed by atoms with Gasteiger partial charge in [0.25, 0.3) is 11.8 Å². The van der Waals surface area contributed by atoms with Crippen LogP contribution in [0.25, 0.3) is 0 Å². The molecule has 0 aliphatic rings. The van der Waals surface area contributed by atoms with Crippen LogP contribution < -0.4 is 10.2 Å². The molecule has 1 N–H and O–H groups in total. The van der Waals surface area contributed by atoms with Crippen molar-refractivity contribution in [2.75, 3.05) is 32.6 Å². The van der Waals surface area contributed by atoms with Crippen LogP contribution in [0.5, 0.6) is 0 Å². The molecule has 0 fully saturated rings. The SMILES string of the molecule is CN(C(=O)c1ccc(Br)o1)c1ccccc1C(=O)NCC(c1cccc(F)c1)N(C)C. The number of carbonyl (C=O) groups is 2. The first-order valence-electron chi connectivity index (χ1n) is 9.60. The average Bonchev–Trinajstić information content (AvgIpc) is 3.19. The zero-order valence-corrected chi connectivity index (χ0v) is 19.0. The Hall–Kier alpha value is -2.97. The van der Waals surface area contributed by atoms with Crippen molar-refractivity contribution >= 4 is 33.4 Å². The smallest absolute Gasteiger partial charge is 0.293 e. The number of hydrogen-bond acceptors (Lipinski definition) is 4. The Morgan fingerprint density at radius 2 is 1.81 bits per heavy atom. The number of benzene rings is 2. The Labute approximate surface area is 188 Å². The van der Waals surface area contributed by atoms with E-state index in [0.717, 1.165) is 5.56 Å². The molecule has 1 heterocycles. The number of nitrogens with zero attached hydrogens (tertiary/aromatic N) is 2. The van der Waals surface area contributed by atoms with E-state index in [4.69, 9.17) is 4.42 Å². The molecule has 0 saturated heterocycles. The van der Waals surface area contributed by atoms with Gasteiger partial charge in [-0.2, -0.15) is 0 Å². The maximum absolute atomic E-state index is 13.7. The summed E-state index contributed by atoms with van der Waals surface area (Å²) in [6, 6.07) is 16.1. The second kappa shape index (κ2) is 9.89. The molecule has 0 aliphatic heterocycles. The maximum atomic E-state index is 13.7. The fourth-order valence-electron chi connectivity index (χ4n) is 3.26. The van der Waals surface area contributed by atoms with Crippen LogP contribution in [0.4, 0.5) is 10.1 Å². The van der Waals surface area contributed by atoms with E-state index in [1.54, 1.807) is 49.5 Å². The molecular weight excluding hydrogens is 465 g/mol. The van der Waals surface area contributed by atoms with Crippen molar-refractivity contribution < 1.29 is 18.4 Å². The lowest BCUT2D eigenvalue weighted by Gasteiger charge is -2.26. The molecule has 1 atom stereocenters. The number of hydrogen-bond donors (Lipinski definition) is 1. The van der Waals surface area contributed by atoms with E-state index >= 15 is 0 Å². The number of para-hydroxylation sites is 1. The molecule has 3 rings (SSSR count). The zero-order valence-electron chi connectivity index (χ0n) is 17.4. The monoisotopic (exact) mass is 487 g/mol. The van der Waals surface area contributed by atoms with Gasteiger partial charge in [-0.1, -0.05) is 24.3 Å². The lowest BCUT2D eigenvalue weighted by Crippen LogP contribution is -2.36. The van der Waals surface area contributed by atoms with Gasteiger partial charge in [-0.3, -0.25) is 9.59 Å². The van der Waals surface area contributed by atoms with Gasteiger partial charge in [-0.25, -0.2) is 4.39 Å². The van der Waals surface area contributed by atoms with E-state index in [-0.39, 0.29) is 36.0 Å². The largest absolute Gasteiger partial charge is 0.444 e. The van der Waals surface area contributed by atoms with E-state index in [2.05, 4.69) is 21.2 Å². The topological polar surface area (TPSA) is 65.8 Å². The summed E-state index contributed by atoms with van der Waals surface area (Å²) in [4.78, 5) is 29.0. The summed E-state index contributed by atoms with van der Waals surface area (Å²) in [5.41, 5.74) is 1.56. The number of nitrogens with one attached hydrogen (secondary N) is 1. The van der Waals surface area contributed by atoms with Gasteiger partial charge in [-0.05, 0) is 72.0 Å². The van der Waals surface area contributed by atoms with Crippen LogP contribution in [0.2, 0.25) is 0 Å². The lowest BCUT2D eigenvalue weighted by atomic mass is 10.1. The minimum absolute atomic E-state index is 0.156. The van der Waals surface area contributed by atoms with E-state index in [0.29, 0.717) is 15.9 Å². The summed E-state index contributed by atoms with van der Waals surface area (Å²) < 4.78 is 19.4. The summed E-state index contributed by atoms with van der Waals surface area (Å²) in [5, 5.41) is 2.90. The van der Waals surface area contributed by atoms with Gasteiger partial charge < -0.3 is 19.5 Å². The summed E-state index contributed by atoms with van der Waals surface area (Å²) >= 11 is 3.18. The molecule has 162 valence electrons. The molecule has 0 spiro atoms. The maximum Gasteiger partial charge on any atom is 0.293 e. The molecule has 2 amide bonds. The predicted molar refractivity (Wildman–Crippen MR) is 121 cm³/mol. The van der Waals surface area contributed by atoms with Gasteiger partial charge in [0, 0.05) is 13.6 Å². The van der Waals surface area contributed by atoms with Gasteiger partial charge in [0.1, 0.15) is 5.82 Å². The van der Waals surface area contributed by atoms with Crippen LogP contribution in [0, 0.1) is 5.82 Å². The van der Waals surface area contributed by atoms with E-state index in [1.165, 1.54) is 17.0 Å². The number of halogens is 2. The van der Waals surface area contributed by atoms with Gasteiger partial charge in [0.05, 0.1) is 17.3 Å². The predicted octanol–water partition coefficient (Wildman–Crippen LogP) is 4.49. The highest BCUT2D eigenvalue weighted by Gasteiger charge is 2.23. The van der Waals surface area contributed by atoms with Crippen molar-refractivity contribution in [2.45, 2.75) is 6.04 Å². The first kappa shape index (κ1) is 22.7. The number of furan rings is 1. The summed E-state index contributed by atoms with van der Waals surface area (Å²) in [6.07, 6.45) is 0. The minimum Gasteiger partial charge on any atom is -0.444 e. The van der Waals surface area contributed by atoms with Crippen LogP contribution in [0.15, 0.2) is 69.8 Å². The Morgan fingerprint density at radius 1 is 1.06 bits per heavy atom. The van der Waals surface area contributed by atoms with E-state index in [1.807, 2.05) is 25.1 Å². The average molecular weight is 488 g/mol. The Morgan fingerprint density at radius 3 is 2.45 bits per heavy atom. The summed E-state index contributed by atoms with van der Waals surface area (Å²) in [7, 11) is 5.31. The number of carbonyl (C=O) groups excluding carboxylic acids is 2. The lowest BCUT2D eigenvalue weighted by molar-refractivity contribution is 0.0942. The van der Waals surface area contributed by atoms with Crippen molar-refractivity contribution in [2.24, 2.45) is 0 Å². The van der Waals surface area contributed by atoms with Crippen molar-refractivity contribution in [3.8, 4) is 0 Å². The molecule has 1 unspecified atom stereocenters. The molecule has 0 radical (unpaired) electrons. The Kier molecular flexibility index (Phi) is 7.25. The minimum atomic E-state index is -0.378. The second-order valence-corrected chi connectivity index (χ2v) is 8.01. The molecular formula is C23H23BrFN3O3. The van der Waals surface area contributed by atoms with Gasteiger partial charge in [0.15, 0.2) is 10.4 Å². The molecule has 31 heavy (non-hydrogen) atoms. The second-order valence-electron chi connectivity index (χ2n) is 7.23. The molecule has 8 heteroatoms. The van der Waals surface area contributed by atoms with Gasteiger partial charge >= 0.3 is 0 Å². The number of rotatable bonds is 7. The van der Waals surface area contributed by atoms with Crippen molar-refractivity contribution in [1.82, 2.24) is 10.2 Å². The molecule has 6 nitrogen and oxygen atoms in total. The van der Waals surface area contributed by atoms with Crippen LogP contribution in [0.3, 0.4) is 0 Å². The molecule has 0 aliphatic carbocycles. The quantitative estimate of drug-likeness (QED) is 0.533.